The summed E-state index contributed by atoms with van der Waals surface area (Å²) in [7, 11) is -9.33. The van der Waals surface area contributed by atoms with Gasteiger partial charge in [0.25, 0.3) is 4.58 Å². The second-order valence-corrected chi connectivity index (χ2v) is 7.10. The normalized spacial score (nSPS) is 14.2. The molecule has 0 aliphatic heterocycles. The second-order valence-electron chi connectivity index (χ2n) is 3.12. The molecule has 94 valence electrons. The highest BCUT2D eigenvalue weighted by Crippen LogP contribution is 2.18. The lowest BCUT2D eigenvalue weighted by molar-refractivity contribution is -0.134. The fourth-order valence-electron chi connectivity index (χ4n) is 1.18. The van der Waals surface area contributed by atoms with Crippen LogP contribution in [-0.2, 0) is 24.7 Å². The molecule has 1 aromatic carbocycles. The molecule has 0 bridgehead atoms. The van der Waals surface area contributed by atoms with Crippen molar-refractivity contribution in [2.24, 2.45) is 5.14 Å². The number of nitrogens with two attached hydrogens (primary N) is 1. The first-order valence-electron chi connectivity index (χ1n) is 4.20. The Labute approximate surface area is 97.8 Å². The largest absolute Gasteiger partial charge is 0.479 e. The van der Waals surface area contributed by atoms with E-state index in [1.54, 1.807) is 0 Å². The monoisotopic (exact) mass is 279 g/mol. The summed E-state index contributed by atoms with van der Waals surface area (Å²) in [4.78, 5) is 10.3. The highest BCUT2D eigenvalue weighted by Gasteiger charge is 2.43. The molecule has 7 nitrogen and oxygen atoms in total. The van der Waals surface area contributed by atoms with Crippen molar-refractivity contribution in [1.29, 1.82) is 0 Å². The van der Waals surface area contributed by atoms with Crippen LogP contribution in [0.15, 0.2) is 35.2 Å². The van der Waals surface area contributed by atoms with Crippen LogP contribution in [-0.4, -0.2) is 32.5 Å². The molecule has 0 radical (unpaired) electrons. The fourth-order valence-corrected chi connectivity index (χ4v) is 4.26. The molecule has 0 fully saturated rings. The van der Waals surface area contributed by atoms with Crippen molar-refractivity contribution >= 4 is 25.8 Å². The molecule has 0 aliphatic carbocycles. The highest BCUT2D eigenvalue weighted by molar-refractivity contribution is 8.09. The summed E-state index contributed by atoms with van der Waals surface area (Å²) in [6, 6.07) is 6.38. The van der Waals surface area contributed by atoms with Crippen LogP contribution in [0.2, 0.25) is 0 Å². The van der Waals surface area contributed by atoms with Crippen LogP contribution < -0.4 is 5.14 Å². The maximum atomic E-state index is 11.8. The molecule has 9 heteroatoms. The van der Waals surface area contributed by atoms with Crippen LogP contribution in [0.25, 0.3) is 0 Å². The molecule has 0 aromatic heterocycles. The van der Waals surface area contributed by atoms with Crippen molar-refractivity contribution in [3.05, 3.63) is 30.3 Å². The van der Waals surface area contributed by atoms with E-state index < -0.39 is 35.3 Å². The van der Waals surface area contributed by atoms with Crippen LogP contribution in [0.1, 0.15) is 0 Å². The first-order chi connectivity index (χ1) is 7.67. The maximum absolute atomic E-state index is 11.8. The third-order valence-corrected chi connectivity index (χ3v) is 5.91. The summed E-state index contributed by atoms with van der Waals surface area (Å²) in [5.74, 6) is -2.03. The van der Waals surface area contributed by atoms with Gasteiger partial charge in [-0.25, -0.2) is 26.8 Å². The quantitative estimate of drug-likeness (QED) is 0.738. The Hall–Kier alpha value is -1.45. The average Bonchev–Trinajstić information content (AvgIpc) is 2.15. The Bertz CT molecular complexity index is 619. The molecule has 1 atom stereocenters. The Morgan fingerprint density at radius 1 is 1.12 bits per heavy atom. The third kappa shape index (κ3) is 2.81. The molecule has 0 spiro atoms. The van der Waals surface area contributed by atoms with Gasteiger partial charge in [0, 0.05) is 0 Å². The molecular weight excluding hydrogens is 270 g/mol. The minimum Gasteiger partial charge on any atom is -0.479 e. The van der Waals surface area contributed by atoms with Gasteiger partial charge in [-0.15, -0.1) is 0 Å². The van der Waals surface area contributed by atoms with Crippen molar-refractivity contribution in [1.82, 2.24) is 0 Å². The van der Waals surface area contributed by atoms with Gasteiger partial charge in [-0.3, -0.25) is 0 Å². The van der Waals surface area contributed by atoms with Crippen molar-refractivity contribution in [2.75, 3.05) is 0 Å². The topological polar surface area (TPSA) is 132 Å². The summed E-state index contributed by atoms with van der Waals surface area (Å²) in [5, 5.41) is 13.3. The molecule has 1 unspecified atom stereocenters. The smallest absolute Gasteiger partial charge is 0.339 e. The summed E-state index contributed by atoms with van der Waals surface area (Å²) in [6.45, 7) is 0. The van der Waals surface area contributed by atoms with Crippen molar-refractivity contribution in [3.8, 4) is 0 Å². The molecule has 1 rings (SSSR count). The van der Waals surface area contributed by atoms with Crippen LogP contribution in [0.4, 0.5) is 0 Å². The number of carbonyl (C=O) groups is 1. The van der Waals surface area contributed by atoms with Gasteiger partial charge in [-0.05, 0) is 12.1 Å². The zero-order valence-corrected chi connectivity index (χ0v) is 9.98. The average molecular weight is 279 g/mol. The third-order valence-electron chi connectivity index (χ3n) is 1.85. The lowest BCUT2D eigenvalue weighted by Crippen LogP contribution is -2.41. The highest BCUT2D eigenvalue weighted by atomic mass is 32.3. The Morgan fingerprint density at radius 3 is 1.94 bits per heavy atom. The number of sulfone groups is 1. The number of hydrogen-bond donors (Lipinski definition) is 2. The van der Waals surface area contributed by atoms with E-state index in [2.05, 4.69) is 5.14 Å². The van der Waals surface area contributed by atoms with E-state index in [1.807, 2.05) is 0 Å². The zero-order chi connectivity index (χ0) is 13.3. The Kier molecular flexibility index (Phi) is 3.55. The predicted molar refractivity (Wildman–Crippen MR) is 58.2 cm³/mol. The zero-order valence-electron chi connectivity index (χ0n) is 8.35. The number of carboxylic acids is 1. The maximum Gasteiger partial charge on any atom is 0.339 e. The van der Waals surface area contributed by atoms with Gasteiger partial charge in [0.05, 0.1) is 4.90 Å². The molecule has 0 aliphatic rings. The van der Waals surface area contributed by atoms with Gasteiger partial charge in [0.15, 0.2) is 0 Å². The van der Waals surface area contributed by atoms with Crippen LogP contribution in [0.3, 0.4) is 0 Å². The van der Waals surface area contributed by atoms with E-state index >= 15 is 0 Å². The SMILES string of the molecule is NS(=O)(=O)C(C(=O)O)S(=O)(=O)c1ccccc1. The van der Waals surface area contributed by atoms with Gasteiger partial charge < -0.3 is 5.11 Å². The van der Waals surface area contributed by atoms with Crippen molar-refractivity contribution in [2.45, 2.75) is 9.48 Å². The molecule has 0 amide bonds. The van der Waals surface area contributed by atoms with Gasteiger partial charge in [-0.1, -0.05) is 18.2 Å². The second kappa shape index (κ2) is 4.43. The fraction of sp³-hybridized carbons (Fsp3) is 0.125. The molecular formula is C8H9NO6S2. The summed E-state index contributed by atoms with van der Waals surface area (Å²) in [6.07, 6.45) is 0. The number of sulfonamides is 1. The number of hydrogen-bond acceptors (Lipinski definition) is 5. The predicted octanol–water partition coefficient (Wildman–Crippen LogP) is -0.840. The Balaban J connectivity index is 3.46. The van der Waals surface area contributed by atoms with E-state index in [-0.39, 0.29) is 0 Å². The van der Waals surface area contributed by atoms with E-state index in [1.165, 1.54) is 18.2 Å². The van der Waals surface area contributed by atoms with Gasteiger partial charge in [0.1, 0.15) is 0 Å². The first-order valence-corrected chi connectivity index (χ1v) is 7.36. The van der Waals surface area contributed by atoms with Gasteiger partial charge >= 0.3 is 5.97 Å². The summed E-state index contributed by atoms with van der Waals surface area (Å²) in [5.41, 5.74) is 0. The minimum absolute atomic E-state index is 0.415. The molecule has 17 heavy (non-hydrogen) atoms. The number of primary sulfonamides is 1. The van der Waals surface area contributed by atoms with Gasteiger partial charge in [0.2, 0.25) is 19.9 Å². The number of rotatable bonds is 4. The molecule has 3 N–H and O–H groups in total. The Morgan fingerprint density at radius 2 is 1.59 bits per heavy atom. The minimum atomic E-state index is -4.76. The van der Waals surface area contributed by atoms with Crippen LogP contribution in [0.5, 0.6) is 0 Å². The summed E-state index contributed by atoms with van der Waals surface area (Å²) >= 11 is 0. The molecule has 0 saturated carbocycles. The lowest BCUT2D eigenvalue weighted by atomic mass is 10.4. The van der Waals surface area contributed by atoms with Crippen molar-refractivity contribution in [3.63, 3.8) is 0 Å². The molecule has 0 saturated heterocycles. The molecule has 0 heterocycles. The number of aliphatic carboxylic acids is 1. The number of carboxylic acid groups (broad SMARTS) is 1. The number of benzene rings is 1. The summed E-state index contributed by atoms with van der Waals surface area (Å²) < 4.78 is 42.9. The van der Waals surface area contributed by atoms with Gasteiger partial charge in [-0.2, -0.15) is 0 Å². The lowest BCUT2D eigenvalue weighted by Gasteiger charge is -2.11. The molecule has 1 aromatic rings. The van der Waals surface area contributed by atoms with E-state index in [0.717, 1.165) is 12.1 Å². The van der Waals surface area contributed by atoms with E-state index in [4.69, 9.17) is 5.11 Å². The van der Waals surface area contributed by atoms with Crippen LogP contribution >= 0.6 is 0 Å². The van der Waals surface area contributed by atoms with E-state index in [9.17, 15) is 21.6 Å². The van der Waals surface area contributed by atoms with Crippen LogP contribution in [0, 0.1) is 0 Å². The van der Waals surface area contributed by atoms with Crippen molar-refractivity contribution < 1.29 is 26.7 Å². The first kappa shape index (κ1) is 13.6. The van der Waals surface area contributed by atoms with E-state index in [0.29, 0.717) is 0 Å². The standard InChI is InChI=1S/C8H9NO6S2/c9-17(14,15)8(7(10)11)16(12,13)6-4-2-1-3-5-6/h1-5,8H,(H,10,11)(H2,9,14,15).